The van der Waals surface area contributed by atoms with E-state index in [0.717, 1.165) is 37.2 Å². The van der Waals surface area contributed by atoms with Crippen molar-refractivity contribution in [3.63, 3.8) is 0 Å². The molecule has 2 rings (SSSR count). The molecule has 0 spiro atoms. The van der Waals surface area contributed by atoms with Crippen LogP contribution in [-0.4, -0.2) is 62.5 Å². The summed E-state index contributed by atoms with van der Waals surface area (Å²) in [5.41, 5.74) is 1.04. The SMILES string of the molecule is COc1ccc(CNC(=O)CN2CCC(C(=O)N(C)C)CC2)cc1. The summed E-state index contributed by atoms with van der Waals surface area (Å²) >= 11 is 0. The number of methoxy groups -OCH3 is 1. The van der Waals surface area contributed by atoms with E-state index in [-0.39, 0.29) is 17.7 Å². The summed E-state index contributed by atoms with van der Waals surface area (Å²) in [6.07, 6.45) is 1.64. The van der Waals surface area contributed by atoms with Gasteiger partial charge in [0.2, 0.25) is 11.8 Å². The topological polar surface area (TPSA) is 61.9 Å². The van der Waals surface area contributed by atoms with Gasteiger partial charge in [0, 0.05) is 26.6 Å². The van der Waals surface area contributed by atoms with Crippen LogP contribution in [0.3, 0.4) is 0 Å². The molecular formula is C18H27N3O3. The number of benzene rings is 1. The quantitative estimate of drug-likeness (QED) is 0.847. The highest BCUT2D eigenvalue weighted by molar-refractivity contribution is 5.79. The van der Waals surface area contributed by atoms with Crippen LogP contribution < -0.4 is 10.1 Å². The average Bonchev–Trinajstić information content (AvgIpc) is 2.60. The van der Waals surface area contributed by atoms with Crippen LogP contribution in [0, 0.1) is 5.92 Å². The number of nitrogens with zero attached hydrogens (tertiary/aromatic N) is 2. The number of carbonyl (C=O) groups is 2. The fourth-order valence-corrected chi connectivity index (χ4v) is 2.91. The maximum absolute atomic E-state index is 12.1. The zero-order chi connectivity index (χ0) is 17.5. The van der Waals surface area contributed by atoms with Gasteiger partial charge in [-0.1, -0.05) is 12.1 Å². The molecule has 0 radical (unpaired) electrons. The van der Waals surface area contributed by atoms with Gasteiger partial charge in [-0.2, -0.15) is 0 Å². The van der Waals surface area contributed by atoms with Crippen LogP contribution in [0.5, 0.6) is 5.75 Å². The molecule has 0 aliphatic carbocycles. The molecule has 0 saturated carbocycles. The Morgan fingerprint density at radius 3 is 2.38 bits per heavy atom. The molecule has 24 heavy (non-hydrogen) atoms. The first kappa shape index (κ1) is 18.3. The zero-order valence-corrected chi connectivity index (χ0v) is 14.7. The Kier molecular flexibility index (Phi) is 6.61. The van der Waals surface area contributed by atoms with Crippen molar-refractivity contribution >= 4 is 11.8 Å². The van der Waals surface area contributed by atoms with Gasteiger partial charge in [0.15, 0.2) is 0 Å². The van der Waals surface area contributed by atoms with Gasteiger partial charge >= 0.3 is 0 Å². The lowest BCUT2D eigenvalue weighted by atomic mass is 9.95. The molecule has 1 fully saturated rings. The van der Waals surface area contributed by atoms with Gasteiger partial charge in [-0.15, -0.1) is 0 Å². The van der Waals surface area contributed by atoms with E-state index in [1.54, 1.807) is 26.1 Å². The van der Waals surface area contributed by atoms with E-state index in [2.05, 4.69) is 10.2 Å². The number of rotatable bonds is 6. The molecule has 132 valence electrons. The normalized spacial score (nSPS) is 15.8. The summed E-state index contributed by atoms with van der Waals surface area (Å²) in [7, 11) is 5.22. The molecule has 1 heterocycles. The highest BCUT2D eigenvalue weighted by Gasteiger charge is 2.26. The average molecular weight is 333 g/mol. The van der Waals surface area contributed by atoms with E-state index in [1.807, 2.05) is 24.3 Å². The second-order valence-electron chi connectivity index (χ2n) is 6.41. The summed E-state index contributed by atoms with van der Waals surface area (Å²) in [5.74, 6) is 1.11. The molecule has 0 atom stereocenters. The third-order valence-corrected chi connectivity index (χ3v) is 4.39. The van der Waals surface area contributed by atoms with E-state index < -0.39 is 0 Å². The summed E-state index contributed by atoms with van der Waals surface area (Å²) in [5, 5.41) is 2.94. The van der Waals surface area contributed by atoms with Gasteiger partial charge in [0.1, 0.15) is 5.75 Å². The highest BCUT2D eigenvalue weighted by atomic mass is 16.5. The fraction of sp³-hybridized carbons (Fsp3) is 0.556. The zero-order valence-electron chi connectivity index (χ0n) is 14.7. The molecule has 6 heteroatoms. The molecule has 2 amide bonds. The first-order valence-electron chi connectivity index (χ1n) is 8.32. The van der Waals surface area contributed by atoms with Crippen LogP contribution in [-0.2, 0) is 16.1 Å². The van der Waals surface area contributed by atoms with Crippen LogP contribution >= 0.6 is 0 Å². The largest absolute Gasteiger partial charge is 0.497 e. The molecule has 0 unspecified atom stereocenters. The Balaban J connectivity index is 1.70. The van der Waals surface area contributed by atoms with Gasteiger partial charge in [-0.25, -0.2) is 0 Å². The lowest BCUT2D eigenvalue weighted by Crippen LogP contribution is -2.44. The Morgan fingerprint density at radius 1 is 1.21 bits per heavy atom. The van der Waals surface area contributed by atoms with E-state index >= 15 is 0 Å². The van der Waals surface area contributed by atoms with Gasteiger partial charge in [0.25, 0.3) is 0 Å². The van der Waals surface area contributed by atoms with Crippen molar-refractivity contribution < 1.29 is 14.3 Å². The fourth-order valence-electron chi connectivity index (χ4n) is 2.91. The number of ether oxygens (including phenoxy) is 1. The minimum absolute atomic E-state index is 0.0169. The van der Waals surface area contributed by atoms with E-state index in [0.29, 0.717) is 13.1 Å². The van der Waals surface area contributed by atoms with Crippen molar-refractivity contribution in [3.05, 3.63) is 29.8 Å². The van der Waals surface area contributed by atoms with Crippen molar-refractivity contribution in [1.29, 1.82) is 0 Å². The van der Waals surface area contributed by atoms with Crippen molar-refractivity contribution in [2.75, 3.05) is 40.8 Å². The molecule has 1 saturated heterocycles. The molecular weight excluding hydrogens is 306 g/mol. The lowest BCUT2D eigenvalue weighted by molar-refractivity contribution is -0.134. The minimum Gasteiger partial charge on any atom is -0.497 e. The van der Waals surface area contributed by atoms with Crippen molar-refractivity contribution in [1.82, 2.24) is 15.1 Å². The van der Waals surface area contributed by atoms with Crippen LogP contribution in [0.2, 0.25) is 0 Å². The predicted molar refractivity (Wildman–Crippen MR) is 92.7 cm³/mol. The van der Waals surface area contributed by atoms with Crippen molar-refractivity contribution in [2.45, 2.75) is 19.4 Å². The van der Waals surface area contributed by atoms with Crippen LogP contribution in [0.1, 0.15) is 18.4 Å². The van der Waals surface area contributed by atoms with Crippen LogP contribution in [0.4, 0.5) is 0 Å². The van der Waals surface area contributed by atoms with Gasteiger partial charge in [0.05, 0.1) is 13.7 Å². The van der Waals surface area contributed by atoms with E-state index in [1.165, 1.54) is 0 Å². The van der Waals surface area contributed by atoms with Crippen LogP contribution in [0.25, 0.3) is 0 Å². The van der Waals surface area contributed by atoms with Crippen molar-refractivity contribution in [3.8, 4) is 5.75 Å². The third-order valence-electron chi connectivity index (χ3n) is 4.39. The molecule has 1 aromatic rings. The molecule has 1 aliphatic rings. The molecule has 0 bridgehead atoms. The summed E-state index contributed by atoms with van der Waals surface area (Å²) in [4.78, 5) is 27.8. The standard InChI is InChI=1S/C18H27N3O3/c1-20(2)18(23)15-8-10-21(11-9-15)13-17(22)19-12-14-4-6-16(24-3)7-5-14/h4-7,15H,8-13H2,1-3H3,(H,19,22). The monoisotopic (exact) mass is 333 g/mol. The number of amides is 2. The maximum atomic E-state index is 12.1. The number of hydrogen-bond donors (Lipinski definition) is 1. The number of carbonyl (C=O) groups excluding carboxylic acids is 2. The lowest BCUT2D eigenvalue weighted by Gasteiger charge is -2.31. The van der Waals surface area contributed by atoms with Crippen molar-refractivity contribution in [2.24, 2.45) is 5.92 Å². The Labute approximate surface area is 143 Å². The number of nitrogens with one attached hydrogen (secondary N) is 1. The minimum atomic E-state index is 0.0169. The smallest absolute Gasteiger partial charge is 0.234 e. The van der Waals surface area contributed by atoms with Gasteiger partial charge < -0.3 is 15.0 Å². The second kappa shape index (κ2) is 8.68. The predicted octanol–water partition coefficient (Wildman–Crippen LogP) is 1.11. The maximum Gasteiger partial charge on any atom is 0.234 e. The number of hydrogen-bond acceptors (Lipinski definition) is 4. The summed E-state index contributed by atoms with van der Waals surface area (Å²) in [6, 6.07) is 7.65. The first-order chi connectivity index (χ1) is 11.5. The number of likely N-dealkylation sites (tertiary alicyclic amines) is 1. The molecule has 1 N–H and O–H groups in total. The van der Waals surface area contributed by atoms with Gasteiger partial charge in [-0.05, 0) is 43.6 Å². The Morgan fingerprint density at radius 2 is 1.83 bits per heavy atom. The molecule has 0 aromatic heterocycles. The van der Waals surface area contributed by atoms with Gasteiger partial charge in [-0.3, -0.25) is 14.5 Å². The molecule has 1 aromatic carbocycles. The third kappa shape index (κ3) is 5.23. The van der Waals surface area contributed by atoms with E-state index in [4.69, 9.17) is 4.74 Å². The summed E-state index contributed by atoms with van der Waals surface area (Å²) < 4.78 is 5.11. The second-order valence-corrected chi connectivity index (χ2v) is 6.41. The Bertz CT molecular complexity index is 549. The first-order valence-corrected chi connectivity index (χ1v) is 8.32. The number of piperidine rings is 1. The molecule has 6 nitrogen and oxygen atoms in total. The Hall–Kier alpha value is -2.08. The van der Waals surface area contributed by atoms with E-state index in [9.17, 15) is 9.59 Å². The summed E-state index contributed by atoms with van der Waals surface area (Å²) in [6.45, 7) is 2.48. The molecule has 1 aliphatic heterocycles. The highest BCUT2D eigenvalue weighted by Crippen LogP contribution is 2.18. The van der Waals surface area contributed by atoms with Crippen LogP contribution in [0.15, 0.2) is 24.3 Å².